The van der Waals surface area contributed by atoms with E-state index in [0.717, 1.165) is 19.8 Å². The van der Waals surface area contributed by atoms with Crippen molar-refractivity contribution in [2.45, 2.75) is 16.4 Å². The number of hydrogen-bond acceptors (Lipinski definition) is 2. The van der Waals surface area contributed by atoms with Gasteiger partial charge in [-0.25, -0.2) is 4.39 Å². The maximum absolute atomic E-state index is 12.7. The van der Waals surface area contributed by atoms with Crippen molar-refractivity contribution in [3.8, 4) is 0 Å². The second-order valence-electron chi connectivity index (χ2n) is 3.47. The summed E-state index contributed by atoms with van der Waals surface area (Å²) in [6.45, 7) is 0.0160. The van der Waals surface area contributed by atoms with Crippen LogP contribution in [0.1, 0.15) is 5.56 Å². The molecule has 0 heterocycles. The second kappa shape index (κ2) is 5.67. The molecule has 0 aliphatic heterocycles. The molecule has 0 atom stereocenters. The van der Waals surface area contributed by atoms with Crippen molar-refractivity contribution < 1.29 is 9.50 Å². The molecule has 17 heavy (non-hydrogen) atoms. The number of halogens is 2. The maximum Gasteiger partial charge on any atom is 0.123 e. The van der Waals surface area contributed by atoms with Crippen molar-refractivity contribution in [2.24, 2.45) is 0 Å². The van der Waals surface area contributed by atoms with E-state index in [0.29, 0.717) is 0 Å². The molecule has 0 saturated heterocycles. The quantitative estimate of drug-likeness (QED) is 0.915. The first-order valence-corrected chi connectivity index (χ1v) is 6.62. The van der Waals surface area contributed by atoms with Crippen LogP contribution in [-0.2, 0) is 6.61 Å². The van der Waals surface area contributed by atoms with E-state index in [-0.39, 0.29) is 12.4 Å². The lowest BCUT2D eigenvalue weighted by atomic mass is 10.2. The van der Waals surface area contributed by atoms with Gasteiger partial charge in [-0.2, -0.15) is 0 Å². The summed E-state index contributed by atoms with van der Waals surface area (Å²) in [5.74, 6) is -0.230. The van der Waals surface area contributed by atoms with E-state index < -0.39 is 0 Å². The van der Waals surface area contributed by atoms with E-state index in [1.807, 2.05) is 18.2 Å². The molecule has 4 heteroatoms. The molecule has 0 unspecified atom stereocenters. The van der Waals surface area contributed by atoms with Gasteiger partial charge in [0, 0.05) is 14.3 Å². The minimum atomic E-state index is -0.230. The van der Waals surface area contributed by atoms with E-state index in [4.69, 9.17) is 5.11 Å². The molecule has 2 rings (SSSR count). The molecule has 0 amide bonds. The van der Waals surface area contributed by atoms with Gasteiger partial charge in [0.25, 0.3) is 0 Å². The average molecular weight is 313 g/mol. The Kier molecular flexibility index (Phi) is 4.20. The van der Waals surface area contributed by atoms with Crippen LogP contribution in [0.3, 0.4) is 0 Å². The summed E-state index contributed by atoms with van der Waals surface area (Å²) in [5.41, 5.74) is 0.855. The van der Waals surface area contributed by atoms with Crippen LogP contribution in [0.25, 0.3) is 0 Å². The number of aliphatic hydroxyl groups excluding tert-OH is 1. The molecule has 0 bridgehead atoms. The van der Waals surface area contributed by atoms with Crippen LogP contribution in [-0.4, -0.2) is 5.11 Å². The van der Waals surface area contributed by atoms with Crippen molar-refractivity contribution in [2.75, 3.05) is 0 Å². The molecule has 0 spiro atoms. The smallest absolute Gasteiger partial charge is 0.123 e. The van der Waals surface area contributed by atoms with Crippen LogP contribution in [0, 0.1) is 5.82 Å². The lowest BCUT2D eigenvalue weighted by Crippen LogP contribution is -1.85. The number of hydrogen-bond donors (Lipinski definition) is 1. The number of rotatable bonds is 3. The SMILES string of the molecule is OCc1ccc(Sc2ccc(F)cc2)cc1Br. The van der Waals surface area contributed by atoms with E-state index >= 15 is 0 Å². The lowest BCUT2D eigenvalue weighted by Gasteiger charge is -2.05. The van der Waals surface area contributed by atoms with Crippen LogP contribution >= 0.6 is 27.7 Å². The first-order valence-electron chi connectivity index (χ1n) is 5.02. The summed E-state index contributed by atoms with van der Waals surface area (Å²) >= 11 is 4.95. The predicted octanol–water partition coefficient (Wildman–Crippen LogP) is 4.23. The second-order valence-corrected chi connectivity index (χ2v) is 5.47. The van der Waals surface area contributed by atoms with Crippen LogP contribution < -0.4 is 0 Å². The molecule has 0 saturated carbocycles. The molecule has 2 aromatic carbocycles. The molecule has 0 radical (unpaired) electrons. The molecule has 1 N–H and O–H groups in total. The zero-order valence-electron chi connectivity index (χ0n) is 8.86. The van der Waals surface area contributed by atoms with Gasteiger partial charge in [-0.3, -0.25) is 0 Å². The Bertz CT molecular complexity index is 513. The van der Waals surface area contributed by atoms with Crippen molar-refractivity contribution in [3.05, 3.63) is 58.3 Å². The highest BCUT2D eigenvalue weighted by Gasteiger charge is 2.02. The summed E-state index contributed by atoms with van der Waals surface area (Å²) in [7, 11) is 0. The minimum absolute atomic E-state index is 0.0160. The molecule has 0 aliphatic rings. The molecule has 0 fully saturated rings. The first kappa shape index (κ1) is 12.6. The predicted molar refractivity (Wildman–Crippen MR) is 70.6 cm³/mol. The Hall–Kier alpha value is -0.840. The molecular weight excluding hydrogens is 303 g/mol. The first-order chi connectivity index (χ1) is 8.19. The lowest BCUT2D eigenvalue weighted by molar-refractivity contribution is 0.281. The Morgan fingerprint density at radius 1 is 1.06 bits per heavy atom. The minimum Gasteiger partial charge on any atom is -0.392 e. The van der Waals surface area contributed by atoms with E-state index in [2.05, 4.69) is 15.9 Å². The normalized spacial score (nSPS) is 10.5. The van der Waals surface area contributed by atoms with Crippen LogP contribution in [0.4, 0.5) is 4.39 Å². The summed E-state index contributed by atoms with van der Waals surface area (Å²) in [5, 5.41) is 9.05. The maximum atomic E-state index is 12.7. The summed E-state index contributed by atoms with van der Waals surface area (Å²) in [6.07, 6.45) is 0. The van der Waals surface area contributed by atoms with Crippen LogP contribution in [0.5, 0.6) is 0 Å². The third kappa shape index (κ3) is 3.31. The van der Waals surface area contributed by atoms with Crippen molar-refractivity contribution in [1.29, 1.82) is 0 Å². The average Bonchev–Trinajstić information content (AvgIpc) is 2.32. The Labute approximate surface area is 112 Å². The van der Waals surface area contributed by atoms with Crippen LogP contribution in [0.15, 0.2) is 56.7 Å². The highest BCUT2D eigenvalue weighted by Crippen LogP contribution is 2.31. The Morgan fingerprint density at radius 2 is 1.71 bits per heavy atom. The van der Waals surface area contributed by atoms with E-state index in [1.54, 1.807) is 23.9 Å². The van der Waals surface area contributed by atoms with Crippen LogP contribution in [0.2, 0.25) is 0 Å². The van der Waals surface area contributed by atoms with Gasteiger partial charge >= 0.3 is 0 Å². The Morgan fingerprint density at radius 3 is 2.29 bits per heavy atom. The van der Waals surface area contributed by atoms with Gasteiger partial charge in [0.05, 0.1) is 6.61 Å². The van der Waals surface area contributed by atoms with Gasteiger partial charge in [0.15, 0.2) is 0 Å². The molecule has 0 aliphatic carbocycles. The zero-order valence-corrected chi connectivity index (χ0v) is 11.3. The van der Waals surface area contributed by atoms with Gasteiger partial charge in [0.1, 0.15) is 5.82 Å². The van der Waals surface area contributed by atoms with Gasteiger partial charge in [-0.05, 0) is 42.0 Å². The number of benzene rings is 2. The molecule has 1 nitrogen and oxygen atoms in total. The Balaban J connectivity index is 2.19. The van der Waals surface area contributed by atoms with Gasteiger partial charge in [0.2, 0.25) is 0 Å². The fraction of sp³-hybridized carbons (Fsp3) is 0.0769. The molecule has 2 aromatic rings. The third-order valence-corrected chi connectivity index (χ3v) is 3.98. The summed E-state index contributed by atoms with van der Waals surface area (Å²) in [6, 6.07) is 12.1. The summed E-state index contributed by atoms with van der Waals surface area (Å²) < 4.78 is 13.6. The highest BCUT2D eigenvalue weighted by molar-refractivity contribution is 9.10. The third-order valence-electron chi connectivity index (χ3n) is 2.24. The summed E-state index contributed by atoms with van der Waals surface area (Å²) in [4.78, 5) is 2.02. The highest BCUT2D eigenvalue weighted by atomic mass is 79.9. The fourth-order valence-corrected chi connectivity index (χ4v) is 2.87. The monoisotopic (exact) mass is 312 g/mol. The fourth-order valence-electron chi connectivity index (χ4n) is 1.36. The molecule has 0 aromatic heterocycles. The zero-order chi connectivity index (χ0) is 12.3. The molecular formula is C13H10BrFOS. The van der Waals surface area contributed by atoms with Gasteiger partial charge in [-0.1, -0.05) is 33.8 Å². The largest absolute Gasteiger partial charge is 0.392 e. The van der Waals surface area contributed by atoms with Crippen molar-refractivity contribution >= 4 is 27.7 Å². The standard InChI is InChI=1S/C13H10BrFOS/c14-13-7-12(4-1-9(13)8-16)17-11-5-2-10(15)3-6-11/h1-7,16H,8H2. The van der Waals surface area contributed by atoms with E-state index in [1.165, 1.54) is 12.1 Å². The van der Waals surface area contributed by atoms with Gasteiger partial charge < -0.3 is 5.11 Å². The van der Waals surface area contributed by atoms with Gasteiger partial charge in [-0.15, -0.1) is 0 Å². The molecule has 88 valence electrons. The van der Waals surface area contributed by atoms with E-state index in [9.17, 15) is 4.39 Å². The van der Waals surface area contributed by atoms with Crippen molar-refractivity contribution in [1.82, 2.24) is 0 Å². The number of aliphatic hydroxyl groups is 1. The van der Waals surface area contributed by atoms with Crippen molar-refractivity contribution in [3.63, 3.8) is 0 Å². The topological polar surface area (TPSA) is 20.2 Å².